The molecule has 3 fully saturated rings. The standard InChI is InChI=1S/C16H29N3O/c20-16(19-8-3-1-2-4-9-19)13-17-14-7-11-18-10-5-6-15(18)12-14/h14-15,17H,1-13H2. The van der Waals surface area contributed by atoms with E-state index in [2.05, 4.69) is 15.1 Å². The maximum atomic E-state index is 12.3. The van der Waals surface area contributed by atoms with Gasteiger partial charge < -0.3 is 15.1 Å². The van der Waals surface area contributed by atoms with Gasteiger partial charge in [-0.05, 0) is 51.6 Å². The molecule has 3 rings (SSSR count). The number of nitrogens with zero attached hydrogens (tertiary/aromatic N) is 2. The minimum Gasteiger partial charge on any atom is -0.342 e. The first-order valence-electron chi connectivity index (χ1n) is 8.58. The molecule has 114 valence electrons. The van der Waals surface area contributed by atoms with Crippen molar-refractivity contribution >= 4 is 5.91 Å². The van der Waals surface area contributed by atoms with Gasteiger partial charge >= 0.3 is 0 Å². The fourth-order valence-corrected chi connectivity index (χ4v) is 4.07. The van der Waals surface area contributed by atoms with Gasteiger partial charge in [-0.15, -0.1) is 0 Å². The van der Waals surface area contributed by atoms with Crippen LogP contribution in [-0.4, -0.2) is 60.5 Å². The lowest BCUT2D eigenvalue weighted by Crippen LogP contribution is -2.48. The van der Waals surface area contributed by atoms with Gasteiger partial charge in [0.25, 0.3) is 0 Å². The predicted octanol–water partition coefficient (Wildman–Crippen LogP) is 1.61. The molecule has 0 spiro atoms. The largest absolute Gasteiger partial charge is 0.342 e. The second-order valence-electron chi connectivity index (χ2n) is 6.73. The monoisotopic (exact) mass is 279 g/mol. The molecule has 0 bridgehead atoms. The summed E-state index contributed by atoms with van der Waals surface area (Å²) in [6.07, 6.45) is 10.1. The van der Waals surface area contributed by atoms with E-state index in [1.54, 1.807) is 0 Å². The molecule has 2 atom stereocenters. The highest BCUT2D eigenvalue weighted by molar-refractivity contribution is 5.78. The summed E-state index contributed by atoms with van der Waals surface area (Å²) in [5, 5.41) is 3.53. The van der Waals surface area contributed by atoms with E-state index in [-0.39, 0.29) is 0 Å². The number of amides is 1. The predicted molar refractivity (Wildman–Crippen MR) is 80.7 cm³/mol. The number of hydrogen-bond acceptors (Lipinski definition) is 3. The van der Waals surface area contributed by atoms with Crippen molar-refractivity contribution in [1.29, 1.82) is 0 Å². The van der Waals surface area contributed by atoms with Gasteiger partial charge in [0.05, 0.1) is 6.54 Å². The molecule has 4 heteroatoms. The molecule has 2 unspecified atom stereocenters. The van der Waals surface area contributed by atoms with Crippen molar-refractivity contribution in [3.05, 3.63) is 0 Å². The highest BCUT2D eigenvalue weighted by atomic mass is 16.2. The third-order valence-corrected chi connectivity index (χ3v) is 5.32. The summed E-state index contributed by atoms with van der Waals surface area (Å²) in [5.74, 6) is 0.320. The van der Waals surface area contributed by atoms with E-state index in [4.69, 9.17) is 0 Å². The van der Waals surface area contributed by atoms with Crippen LogP contribution in [0.3, 0.4) is 0 Å². The maximum absolute atomic E-state index is 12.3. The zero-order chi connectivity index (χ0) is 13.8. The lowest BCUT2D eigenvalue weighted by molar-refractivity contribution is -0.130. The van der Waals surface area contributed by atoms with E-state index in [9.17, 15) is 4.79 Å². The van der Waals surface area contributed by atoms with Crippen molar-refractivity contribution in [1.82, 2.24) is 15.1 Å². The molecule has 3 aliphatic rings. The summed E-state index contributed by atoms with van der Waals surface area (Å²) in [7, 11) is 0. The Balaban J connectivity index is 1.41. The summed E-state index contributed by atoms with van der Waals surface area (Å²) in [6.45, 7) is 5.02. The van der Waals surface area contributed by atoms with Gasteiger partial charge in [0.1, 0.15) is 0 Å². The molecule has 0 aliphatic carbocycles. The van der Waals surface area contributed by atoms with Crippen molar-refractivity contribution in [2.75, 3.05) is 32.7 Å². The number of carbonyl (C=O) groups excluding carboxylic acids is 1. The molecule has 1 amide bonds. The molecule has 4 nitrogen and oxygen atoms in total. The Morgan fingerprint density at radius 2 is 1.75 bits per heavy atom. The number of piperidine rings is 1. The molecular weight excluding hydrogens is 250 g/mol. The minimum atomic E-state index is 0.320. The molecule has 3 heterocycles. The summed E-state index contributed by atoms with van der Waals surface area (Å²) in [5.41, 5.74) is 0. The highest BCUT2D eigenvalue weighted by Crippen LogP contribution is 2.26. The van der Waals surface area contributed by atoms with Crippen LogP contribution in [0.2, 0.25) is 0 Å². The molecule has 0 aromatic carbocycles. The lowest BCUT2D eigenvalue weighted by Gasteiger charge is -2.35. The van der Waals surface area contributed by atoms with E-state index in [1.165, 1.54) is 64.5 Å². The van der Waals surface area contributed by atoms with Crippen LogP contribution in [-0.2, 0) is 4.79 Å². The van der Waals surface area contributed by atoms with Gasteiger partial charge in [0.15, 0.2) is 0 Å². The summed E-state index contributed by atoms with van der Waals surface area (Å²) >= 11 is 0. The average Bonchev–Trinajstić information content (AvgIpc) is 2.76. The maximum Gasteiger partial charge on any atom is 0.236 e. The van der Waals surface area contributed by atoms with Crippen LogP contribution in [0.1, 0.15) is 51.4 Å². The lowest BCUT2D eigenvalue weighted by atomic mass is 9.97. The fourth-order valence-electron chi connectivity index (χ4n) is 4.07. The molecule has 20 heavy (non-hydrogen) atoms. The van der Waals surface area contributed by atoms with Gasteiger partial charge in [0, 0.05) is 25.2 Å². The molecule has 1 N–H and O–H groups in total. The van der Waals surface area contributed by atoms with Crippen LogP contribution in [0.25, 0.3) is 0 Å². The first-order chi connectivity index (χ1) is 9.83. The molecular formula is C16H29N3O. The Hall–Kier alpha value is -0.610. The van der Waals surface area contributed by atoms with Gasteiger partial charge in [0.2, 0.25) is 5.91 Å². The molecule has 0 aromatic rings. The molecule has 0 radical (unpaired) electrons. The average molecular weight is 279 g/mol. The van der Waals surface area contributed by atoms with Crippen molar-refractivity contribution in [2.45, 2.75) is 63.5 Å². The number of nitrogens with one attached hydrogen (secondary N) is 1. The zero-order valence-corrected chi connectivity index (χ0v) is 12.6. The molecule has 0 saturated carbocycles. The normalized spacial score (nSPS) is 31.9. The van der Waals surface area contributed by atoms with E-state index in [1.807, 2.05) is 0 Å². The van der Waals surface area contributed by atoms with E-state index >= 15 is 0 Å². The Labute approximate surface area is 122 Å². The summed E-state index contributed by atoms with van der Waals surface area (Å²) in [6, 6.07) is 1.35. The van der Waals surface area contributed by atoms with Gasteiger partial charge in [-0.3, -0.25) is 4.79 Å². The van der Waals surface area contributed by atoms with Crippen molar-refractivity contribution in [3.63, 3.8) is 0 Å². The van der Waals surface area contributed by atoms with Gasteiger partial charge in [-0.2, -0.15) is 0 Å². The zero-order valence-electron chi connectivity index (χ0n) is 12.6. The first kappa shape index (κ1) is 14.3. The Kier molecular flexibility index (Phi) is 4.94. The second-order valence-corrected chi connectivity index (χ2v) is 6.73. The van der Waals surface area contributed by atoms with Crippen molar-refractivity contribution < 1.29 is 4.79 Å². The quantitative estimate of drug-likeness (QED) is 0.852. The van der Waals surface area contributed by atoms with Crippen LogP contribution in [0, 0.1) is 0 Å². The Bertz CT molecular complexity index is 326. The van der Waals surface area contributed by atoms with E-state index in [0.29, 0.717) is 18.5 Å². The number of rotatable bonds is 3. The van der Waals surface area contributed by atoms with Crippen LogP contribution in [0.15, 0.2) is 0 Å². The number of carbonyl (C=O) groups is 1. The van der Waals surface area contributed by atoms with Crippen molar-refractivity contribution in [2.24, 2.45) is 0 Å². The molecule has 3 saturated heterocycles. The van der Waals surface area contributed by atoms with Crippen LogP contribution >= 0.6 is 0 Å². The number of fused-ring (bicyclic) bond motifs is 1. The Morgan fingerprint density at radius 1 is 0.950 bits per heavy atom. The van der Waals surface area contributed by atoms with Crippen LogP contribution < -0.4 is 5.32 Å². The highest BCUT2D eigenvalue weighted by Gasteiger charge is 2.31. The topological polar surface area (TPSA) is 35.6 Å². The van der Waals surface area contributed by atoms with E-state index in [0.717, 1.165) is 19.1 Å². The van der Waals surface area contributed by atoms with Crippen LogP contribution in [0.4, 0.5) is 0 Å². The summed E-state index contributed by atoms with van der Waals surface area (Å²) < 4.78 is 0. The third kappa shape index (κ3) is 3.53. The second kappa shape index (κ2) is 6.90. The Morgan fingerprint density at radius 3 is 2.55 bits per heavy atom. The first-order valence-corrected chi connectivity index (χ1v) is 8.58. The minimum absolute atomic E-state index is 0.320. The summed E-state index contributed by atoms with van der Waals surface area (Å²) in [4.78, 5) is 17.0. The van der Waals surface area contributed by atoms with E-state index < -0.39 is 0 Å². The molecule has 3 aliphatic heterocycles. The van der Waals surface area contributed by atoms with Crippen LogP contribution in [0.5, 0.6) is 0 Å². The molecule has 0 aromatic heterocycles. The fraction of sp³-hybridized carbons (Fsp3) is 0.938. The van der Waals surface area contributed by atoms with Gasteiger partial charge in [-0.1, -0.05) is 12.8 Å². The number of hydrogen-bond donors (Lipinski definition) is 1. The SMILES string of the molecule is O=C(CNC1CCN2CCCC2C1)N1CCCCCC1. The third-order valence-electron chi connectivity index (χ3n) is 5.32. The van der Waals surface area contributed by atoms with Crippen molar-refractivity contribution in [3.8, 4) is 0 Å². The van der Waals surface area contributed by atoms with Gasteiger partial charge in [-0.25, -0.2) is 0 Å². The number of likely N-dealkylation sites (tertiary alicyclic amines) is 1. The smallest absolute Gasteiger partial charge is 0.236 e.